The number of oxime groups is 2. The van der Waals surface area contributed by atoms with Crippen molar-refractivity contribution in [3.05, 3.63) is 22.5 Å². The molecule has 0 radical (unpaired) electrons. The van der Waals surface area contributed by atoms with Crippen molar-refractivity contribution in [3.63, 3.8) is 0 Å². The second-order valence-corrected chi connectivity index (χ2v) is 7.70. The molecule has 0 spiro atoms. The van der Waals surface area contributed by atoms with E-state index in [-0.39, 0.29) is 19.0 Å². The van der Waals surface area contributed by atoms with Crippen LogP contribution in [0.15, 0.2) is 22.7 Å². The maximum Gasteiger partial charge on any atom is 0.434 e. The molecule has 0 bridgehead atoms. The molecule has 1 rings (SSSR count). The standard InChI is InChI=1S/C17H31N7O5/c1-7-14(21-26)17(5,6)19-10-13(29-22-16(3,4)12(2)20-25)11-23-9-8-18-15(23)24(27)28/h8-9,13,19,22,25-26H,7,10-11H2,1-6H3/t13-/m1/s1. The van der Waals surface area contributed by atoms with Crippen LogP contribution < -0.4 is 10.8 Å². The third-order valence-corrected chi connectivity index (χ3v) is 4.74. The number of imidazole rings is 1. The van der Waals surface area contributed by atoms with Gasteiger partial charge in [0.25, 0.3) is 0 Å². The summed E-state index contributed by atoms with van der Waals surface area (Å²) in [6.45, 7) is 11.2. The van der Waals surface area contributed by atoms with Gasteiger partial charge in [-0.05, 0) is 46.0 Å². The fourth-order valence-corrected chi connectivity index (χ4v) is 2.52. The molecule has 4 N–H and O–H groups in total. The molecule has 0 unspecified atom stereocenters. The van der Waals surface area contributed by atoms with Gasteiger partial charge in [0, 0.05) is 6.54 Å². The highest BCUT2D eigenvalue weighted by Crippen LogP contribution is 2.13. The van der Waals surface area contributed by atoms with Crippen LogP contribution in [0.4, 0.5) is 5.95 Å². The van der Waals surface area contributed by atoms with Crippen LogP contribution in [0.1, 0.15) is 48.0 Å². The maximum atomic E-state index is 11.2. The van der Waals surface area contributed by atoms with Crippen molar-refractivity contribution in [2.24, 2.45) is 10.3 Å². The Labute approximate surface area is 169 Å². The van der Waals surface area contributed by atoms with Crippen LogP contribution in [0.5, 0.6) is 0 Å². The SMILES string of the molecule is CCC(=NO)C(C)(C)NC[C@H](Cn1ccnc1[N+](=O)[O-])ONC(C)(C)C(C)=NO. The van der Waals surface area contributed by atoms with Crippen LogP contribution in [0.2, 0.25) is 0 Å². The summed E-state index contributed by atoms with van der Waals surface area (Å²) in [6.07, 6.45) is 2.83. The fourth-order valence-electron chi connectivity index (χ4n) is 2.52. The lowest BCUT2D eigenvalue weighted by molar-refractivity contribution is -0.397. The number of nitrogens with zero attached hydrogens (tertiary/aromatic N) is 5. The van der Waals surface area contributed by atoms with Crippen LogP contribution in [0.25, 0.3) is 0 Å². The second kappa shape index (κ2) is 10.3. The third-order valence-electron chi connectivity index (χ3n) is 4.74. The minimum atomic E-state index is -0.773. The number of hydrogen-bond acceptors (Lipinski definition) is 10. The van der Waals surface area contributed by atoms with E-state index in [4.69, 9.17) is 10.0 Å². The van der Waals surface area contributed by atoms with E-state index in [0.29, 0.717) is 17.8 Å². The average molecular weight is 413 g/mol. The summed E-state index contributed by atoms with van der Waals surface area (Å²) in [7, 11) is 0. The third kappa shape index (κ3) is 6.76. The van der Waals surface area contributed by atoms with Crippen LogP contribution >= 0.6 is 0 Å². The molecule has 0 aliphatic carbocycles. The smallest absolute Gasteiger partial charge is 0.411 e. The van der Waals surface area contributed by atoms with Crippen LogP contribution in [-0.4, -0.2) is 60.0 Å². The first-order valence-corrected chi connectivity index (χ1v) is 9.22. The van der Waals surface area contributed by atoms with Gasteiger partial charge in [-0.1, -0.05) is 22.2 Å². The summed E-state index contributed by atoms with van der Waals surface area (Å²) in [6, 6.07) is 0. The predicted octanol–water partition coefficient (Wildman–Crippen LogP) is 1.92. The number of nitro groups is 1. The predicted molar refractivity (Wildman–Crippen MR) is 107 cm³/mol. The highest BCUT2D eigenvalue weighted by molar-refractivity contribution is 5.92. The zero-order valence-electron chi connectivity index (χ0n) is 17.7. The molecule has 0 amide bonds. The summed E-state index contributed by atoms with van der Waals surface area (Å²) in [5.74, 6) is -0.295. The van der Waals surface area contributed by atoms with Crippen molar-refractivity contribution in [2.75, 3.05) is 6.54 Å². The zero-order chi connectivity index (χ0) is 22.2. The van der Waals surface area contributed by atoms with Gasteiger partial charge in [-0.15, -0.1) is 0 Å². The largest absolute Gasteiger partial charge is 0.434 e. The van der Waals surface area contributed by atoms with Gasteiger partial charge in [0.05, 0.1) is 22.5 Å². The molecule has 29 heavy (non-hydrogen) atoms. The van der Waals surface area contributed by atoms with Gasteiger partial charge in [-0.2, -0.15) is 5.48 Å². The minimum Gasteiger partial charge on any atom is -0.411 e. The van der Waals surface area contributed by atoms with Gasteiger partial charge < -0.3 is 25.8 Å². The Bertz CT molecular complexity index is 742. The Morgan fingerprint density at radius 2 is 2.00 bits per heavy atom. The molecule has 12 heteroatoms. The molecule has 0 aliphatic heterocycles. The number of hydrogen-bond donors (Lipinski definition) is 4. The van der Waals surface area contributed by atoms with Gasteiger partial charge in [-0.3, -0.25) is 4.84 Å². The van der Waals surface area contributed by atoms with E-state index in [9.17, 15) is 15.3 Å². The zero-order valence-corrected chi connectivity index (χ0v) is 17.7. The van der Waals surface area contributed by atoms with E-state index in [1.54, 1.807) is 20.8 Å². The molecule has 0 aliphatic rings. The van der Waals surface area contributed by atoms with Crippen molar-refractivity contribution in [2.45, 2.75) is 71.7 Å². The molecule has 1 atom stereocenters. The first kappa shape index (κ1) is 24.5. The lowest BCUT2D eigenvalue weighted by Crippen LogP contribution is -2.53. The van der Waals surface area contributed by atoms with E-state index >= 15 is 0 Å². The first-order chi connectivity index (χ1) is 13.5. The normalized spacial score (nSPS) is 14.8. The Hall–Kier alpha value is -2.57. The van der Waals surface area contributed by atoms with Crippen molar-refractivity contribution in [3.8, 4) is 0 Å². The molecule has 0 saturated carbocycles. The molecule has 0 saturated heterocycles. The van der Waals surface area contributed by atoms with E-state index in [1.807, 2.05) is 20.8 Å². The highest BCUT2D eigenvalue weighted by Gasteiger charge is 2.29. The van der Waals surface area contributed by atoms with E-state index in [0.717, 1.165) is 0 Å². The summed E-state index contributed by atoms with van der Waals surface area (Å²) >= 11 is 0. The van der Waals surface area contributed by atoms with E-state index < -0.39 is 22.1 Å². The van der Waals surface area contributed by atoms with Crippen molar-refractivity contribution in [1.29, 1.82) is 0 Å². The molecule has 1 aromatic rings. The first-order valence-electron chi connectivity index (χ1n) is 9.22. The van der Waals surface area contributed by atoms with Crippen LogP contribution in [-0.2, 0) is 11.4 Å². The molecule has 12 nitrogen and oxygen atoms in total. The molecule has 164 valence electrons. The van der Waals surface area contributed by atoms with Crippen molar-refractivity contribution in [1.82, 2.24) is 20.3 Å². The molecular weight excluding hydrogens is 382 g/mol. The monoisotopic (exact) mass is 413 g/mol. The van der Waals surface area contributed by atoms with Crippen molar-refractivity contribution < 1.29 is 20.2 Å². The van der Waals surface area contributed by atoms with Crippen molar-refractivity contribution >= 4 is 17.4 Å². The Morgan fingerprint density at radius 3 is 2.52 bits per heavy atom. The maximum absolute atomic E-state index is 11.2. The number of hydroxylamine groups is 1. The van der Waals surface area contributed by atoms with E-state index in [1.165, 1.54) is 17.0 Å². The highest BCUT2D eigenvalue weighted by atomic mass is 16.7. The average Bonchev–Trinajstić information content (AvgIpc) is 3.12. The molecule has 0 fully saturated rings. The summed E-state index contributed by atoms with van der Waals surface area (Å²) in [5.41, 5.74) is 2.41. The minimum absolute atomic E-state index is 0.134. The Balaban J connectivity index is 2.99. The molecule has 1 heterocycles. The summed E-state index contributed by atoms with van der Waals surface area (Å²) in [4.78, 5) is 20.1. The van der Waals surface area contributed by atoms with Gasteiger partial charge in [0.15, 0.2) is 0 Å². The topological polar surface area (TPSA) is 159 Å². The number of rotatable bonds is 12. The molecule has 1 aromatic heterocycles. The quantitative estimate of drug-likeness (QED) is 0.175. The second-order valence-electron chi connectivity index (χ2n) is 7.70. The number of aromatic nitrogens is 2. The Morgan fingerprint density at radius 1 is 1.34 bits per heavy atom. The lowest BCUT2D eigenvalue weighted by atomic mass is 9.96. The van der Waals surface area contributed by atoms with E-state index in [2.05, 4.69) is 26.1 Å². The lowest BCUT2D eigenvalue weighted by Gasteiger charge is -2.31. The summed E-state index contributed by atoms with van der Waals surface area (Å²) in [5, 5.41) is 39.2. The van der Waals surface area contributed by atoms with Crippen LogP contribution in [0.3, 0.4) is 0 Å². The summed E-state index contributed by atoms with van der Waals surface area (Å²) < 4.78 is 1.38. The fraction of sp³-hybridized carbons (Fsp3) is 0.706. The Kier molecular flexibility index (Phi) is 8.67. The molecular formula is C17H31N7O5. The number of nitrogens with one attached hydrogen (secondary N) is 2. The van der Waals surface area contributed by atoms with Gasteiger partial charge in [0.1, 0.15) is 25.0 Å². The van der Waals surface area contributed by atoms with Crippen LogP contribution in [0, 0.1) is 10.1 Å². The molecule has 0 aromatic carbocycles. The van der Waals surface area contributed by atoms with Gasteiger partial charge in [-0.25, -0.2) is 4.57 Å². The van der Waals surface area contributed by atoms with Gasteiger partial charge >= 0.3 is 5.95 Å². The van der Waals surface area contributed by atoms with Gasteiger partial charge in [0.2, 0.25) is 0 Å².